The highest BCUT2D eigenvalue weighted by atomic mass is 35.5. The van der Waals surface area contributed by atoms with Gasteiger partial charge in [-0.3, -0.25) is 0 Å². The highest BCUT2D eigenvalue weighted by molar-refractivity contribution is 7.87. The van der Waals surface area contributed by atoms with Crippen molar-refractivity contribution >= 4 is 21.7 Å². The summed E-state index contributed by atoms with van der Waals surface area (Å²) in [5.74, 6) is 1.02. The van der Waals surface area contributed by atoms with Crippen LogP contribution >= 0.6 is 11.6 Å². The van der Waals surface area contributed by atoms with E-state index >= 15 is 0 Å². The molecule has 6 nitrogen and oxygen atoms in total. The molecule has 134 valence electrons. The summed E-state index contributed by atoms with van der Waals surface area (Å²) in [6, 6.07) is 7.20. The molecule has 0 N–H and O–H groups in total. The third kappa shape index (κ3) is 4.04. The Morgan fingerprint density at radius 2 is 1.96 bits per heavy atom. The Hall–Kier alpha value is -1.86. The molecule has 0 spiro atoms. The van der Waals surface area contributed by atoms with Gasteiger partial charge >= 0.3 is 10.1 Å². The molecule has 0 aliphatic heterocycles. The summed E-state index contributed by atoms with van der Waals surface area (Å²) >= 11 is 5.85. The molecule has 25 heavy (non-hydrogen) atoms. The molecule has 0 bridgehead atoms. The van der Waals surface area contributed by atoms with Gasteiger partial charge in [0.25, 0.3) is 5.88 Å². The first-order chi connectivity index (χ1) is 11.8. The first-order valence-electron chi connectivity index (χ1n) is 8.02. The van der Waals surface area contributed by atoms with E-state index in [9.17, 15) is 8.42 Å². The van der Waals surface area contributed by atoms with Crippen molar-refractivity contribution in [2.75, 3.05) is 0 Å². The van der Waals surface area contributed by atoms with E-state index in [1.54, 1.807) is 0 Å². The number of benzene rings is 1. The van der Waals surface area contributed by atoms with Crippen molar-refractivity contribution in [1.29, 1.82) is 0 Å². The molecule has 0 amide bonds. The number of hydrogen-bond acceptors (Lipinski definition) is 6. The van der Waals surface area contributed by atoms with Crippen molar-refractivity contribution in [1.82, 2.24) is 10.2 Å². The summed E-state index contributed by atoms with van der Waals surface area (Å²) in [4.78, 5) is 0. The summed E-state index contributed by atoms with van der Waals surface area (Å²) in [5, 5.41) is 6.94. The van der Waals surface area contributed by atoms with Gasteiger partial charge in [0.15, 0.2) is 5.15 Å². The zero-order valence-electron chi connectivity index (χ0n) is 14.2. The van der Waals surface area contributed by atoms with E-state index in [0.29, 0.717) is 11.7 Å². The number of aryl methyl sites for hydroxylation is 1. The summed E-state index contributed by atoms with van der Waals surface area (Å²) in [7, 11) is -3.81. The quantitative estimate of drug-likeness (QED) is 0.696. The highest BCUT2D eigenvalue weighted by Gasteiger charge is 2.29. The molecule has 1 aromatic heterocycles. The molecule has 1 aromatic carbocycles. The van der Waals surface area contributed by atoms with Crippen LogP contribution in [0, 0.1) is 6.92 Å². The van der Waals surface area contributed by atoms with E-state index in [-0.39, 0.29) is 16.8 Å². The predicted molar refractivity (Wildman–Crippen MR) is 95.0 cm³/mol. The zero-order chi connectivity index (χ0) is 18.2. The van der Waals surface area contributed by atoms with Crippen LogP contribution in [0.4, 0.5) is 0 Å². The molecular weight excluding hydrogens is 364 g/mol. The van der Waals surface area contributed by atoms with Crippen molar-refractivity contribution in [3.63, 3.8) is 0 Å². The minimum absolute atomic E-state index is 0.0218. The number of hydrogen-bond donors (Lipinski definition) is 0. The molecule has 1 saturated carbocycles. The number of rotatable bonds is 6. The Bertz CT molecular complexity index is 896. The van der Waals surface area contributed by atoms with Gasteiger partial charge in [0.05, 0.1) is 5.25 Å². The lowest BCUT2D eigenvalue weighted by molar-refractivity contribution is 0.408. The molecule has 1 fully saturated rings. The molecule has 0 saturated heterocycles. The first kappa shape index (κ1) is 17.9. The maximum absolute atomic E-state index is 12.1. The van der Waals surface area contributed by atoms with Gasteiger partial charge in [-0.25, -0.2) is 0 Å². The van der Waals surface area contributed by atoms with Crippen LogP contribution < -0.4 is 8.92 Å². The average molecular weight is 383 g/mol. The fourth-order valence-electron chi connectivity index (χ4n) is 2.32. The Labute approximate surface area is 152 Å². The minimum atomic E-state index is -3.81. The minimum Gasteiger partial charge on any atom is -0.434 e. The second kappa shape index (κ2) is 6.80. The van der Waals surface area contributed by atoms with Gasteiger partial charge in [-0.2, -0.15) is 8.42 Å². The summed E-state index contributed by atoms with van der Waals surface area (Å²) in [6.07, 6.45) is 2.22. The molecule has 3 rings (SSSR count). The van der Waals surface area contributed by atoms with E-state index in [4.69, 9.17) is 20.5 Å². The molecule has 1 aliphatic carbocycles. The number of para-hydroxylation sites is 1. The van der Waals surface area contributed by atoms with Crippen LogP contribution in [0.15, 0.2) is 24.3 Å². The summed E-state index contributed by atoms with van der Waals surface area (Å²) in [5.41, 5.74) is 2.01. The average Bonchev–Trinajstić information content (AvgIpc) is 3.35. The standard InChI is InChI=1S/C17H19ClN2O4S/c1-10(2)25(21,22)24-14-9-15(18)19-20-17(14)23-16-11(3)5-4-6-13(16)12-7-8-12/h4-6,9-10,12H,7-8H2,1-3H3. The molecule has 1 aliphatic rings. The van der Waals surface area contributed by atoms with Crippen LogP contribution in [0.25, 0.3) is 0 Å². The number of halogens is 1. The smallest absolute Gasteiger partial charge is 0.311 e. The zero-order valence-corrected chi connectivity index (χ0v) is 15.8. The molecule has 0 atom stereocenters. The summed E-state index contributed by atoms with van der Waals surface area (Å²) < 4.78 is 35.3. The van der Waals surface area contributed by atoms with Gasteiger partial charge in [-0.15, -0.1) is 10.2 Å². The Balaban J connectivity index is 1.99. The lowest BCUT2D eigenvalue weighted by Crippen LogP contribution is -2.20. The van der Waals surface area contributed by atoms with Crippen molar-refractivity contribution in [2.45, 2.75) is 44.8 Å². The fraction of sp³-hybridized carbons (Fsp3) is 0.412. The number of nitrogens with zero attached hydrogens (tertiary/aromatic N) is 2. The van der Waals surface area contributed by atoms with E-state index in [1.165, 1.54) is 19.9 Å². The topological polar surface area (TPSA) is 78.4 Å². The lowest BCUT2D eigenvalue weighted by atomic mass is 10.1. The summed E-state index contributed by atoms with van der Waals surface area (Å²) in [6.45, 7) is 4.98. The largest absolute Gasteiger partial charge is 0.434 e. The van der Waals surface area contributed by atoms with Crippen LogP contribution in [-0.2, 0) is 10.1 Å². The van der Waals surface area contributed by atoms with E-state index in [2.05, 4.69) is 10.2 Å². The normalized spacial score (nSPS) is 14.6. The SMILES string of the molecule is Cc1cccc(C2CC2)c1Oc1nnc(Cl)cc1OS(=O)(=O)C(C)C. The second-order valence-electron chi connectivity index (χ2n) is 6.33. The lowest BCUT2D eigenvalue weighted by Gasteiger charge is -2.16. The van der Waals surface area contributed by atoms with Crippen LogP contribution in [0.2, 0.25) is 5.15 Å². The first-order valence-corrected chi connectivity index (χ1v) is 9.86. The third-order valence-electron chi connectivity index (χ3n) is 3.94. The predicted octanol–water partition coefficient (Wildman–Crippen LogP) is 4.23. The van der Waals surface area contributed by atoms with Gasteiger partial charge in [0.1, 0.15) is 5.75 Å². The van der Waals surface area contributed by atoms with Gasteiger partial charge in [0.2, 0.25) is 5.75 Å². The Morgan fingerprint density at radius 1 is 1.24 bits per heavy atom. The van der Waals surface area contributed by atoms with Crippen molar-refractivity contribution in [3.05, 3.63) is 40.5 Å². The van der Waals surface area contributed by atoms with Gasteiger partial charge in [-0.1, -0.05) is 29.8 Å². The highest BCUT2D eigenvalue weighted by Crippen LogP contribution is 2.47. The Morgan fingerprint density at radius 3 is 2.60 bits per heavy atom. The van der Waals surface area contributed by atoms with Crippen LogP contribution in [0.5, 0.6) is 17.4 Å². The van der Waals surface area contributed by atoms with Crippen molar-refractivity contribution in [3.8, 4) is 17.4 Å². The van der Waals surface area contributed by atoms with Crippen molar-refractivity contribution < 1.29 is 17.3 Å². The number of ether oxygens (including phenoxy) is 1. The monoisotopic (exact) mass is 382 g/mol. The van der Waals surface area contributed by atoms with E-state index in [0.717, 1.165) is 24.0 Å². The maximum Gasteiger partial charge on any atom is 0.311 e. The Kier molecular flexibility index (Phi) is 4.88. The van der Waals surface area contributed by atoms with E-state index < -0.39 is 15.4 Å². The molecule has 0 radical (unpaired) electrons. The van der Waals surface area contributed by atoms with Crippen LogP contribution in [-0.4, -0.2) is 23.9 Å². The second-order valence-corrected chi connectivity index (χ2v) is 8.81. The number of aromatic nitrogens is 2. The molecular formula is C17H19ClN2O4S. The van der Waals surface area contributed by atoms with Crippen LogP contribution in [0.1, 0.15) is 43.7 Å². The van der Waals surface area contributed by atoms with Gasteiger partial charge < -0.3 is 8.92 Å². The molecule has 2 aromatic rings. The van der Waals surface area contributed by atoms with Gasteiger partial charge in [-0.05, 0) is 50.7 Å². The molecule has 8 heteroatoms. The fourth-order valence-corrected chi connectivity index (χ4v) is 3.02. The maximum atomic E-state index is 12.1. The molecule has 0 unspecified atom stereocenters. The van der Waals surface area contributed by atoms with Crippen LogP contribution in [0.3, 0.4) is 0 Å². The van der Waals surface area contributed by atoms with Gasteiger partial charge in [0, 0.05) is 6.07 Å². The molecule has 1 heterocycles. The van der Waals surface area contributed by atoms with Crippen molar-refractivity contribution in [2.24, 2.45) is 0 Å². The van der Waals surface area contributed by atoms with E-state index in [1.807, 2.05) is 25.1 Å². The third-order valence-corrected chi connectivity index (χ3v) is 5.69.